The van der Waals surface area contributed by atoms with Gasteiger partial charge in [-0.05, 0) is 82.7 Å². The number of pyridine rings is 1. The molecule has 1 aliphatic carbocycles. The van der Waals surface area contributed by atoms with E-state index >= 15 is 0 Å². The number of allylic oxidation sites excluding steroid dienone is 5. The van der Waals surface area contributed by atoms with Crippen molar-refractivity contribution in [3.8, 4) is 0 Å². The zero-order valence-electron chi connectivity index (χ0n) is 25.9. The maximum absolute atomic E-state index is 13.0. The normalized spacial score (nSPS) is 16.7. The van der Waals surface area contributed by atoms with Crippen molar-refractivity contribution in [1.29, 1.82) is 0 Å². The topological polar surface area (TPSA) is 99.4 Å². The molecule has 42 heavy (non-hydrogen) atoms. The van der Waals surface area contributed by atoms with Crippen molar-refractivity contribution >= 4 is 34.1 Å². The van der Waals surface area contributed by atoms with E-state index in [1.165, 1.54) is 30.4 Å². The van der Waals surface area contributed by atoms with Crippen molar-refractivity contribution in [2.24, 2.45) is 5.73 Å². The van der Waals surface area contributed by atoms with Gasteiger partial charge in [0.1, 0.15) is 5.01 Å². The lowest BCUT2D eigenvalue weighted by atomic mass is 9.88. The van der Waals surface area contributed by atoms with Crippen LogP contribution in [0.5, 0.6) is 0 Å². The van der Waals surface area contributed by atoms with Crippen molar-refractivity contribution in [1.82, 2.24) is 25.1 Å². The van der Waals surface area contributed by atoms with Gasteiger partial charge in [0.25, 0.3) is 5.91 Å². The molecule has 8 nitrogen and oxygen atoms in total. The largest absolute Gasteiger partial charge is 0.404 e. The van der Waals surface area contributed by atoms with Gasteiger partial charge in [-0.1, -0.05) is 19.4 Å². The predicted octanol–water partition coefficient (Wildman–Crippen LogP) is 6.17. The van der Waals surface area contributed by atoms with Crippen LogP contribution in [-0.4, -0.2) is 65.9 Å². The van der Waals surface area contributed by atoms with Gasteiger partial charge in [-0.15, -0.1) is 11.3 Å². The molecule has 3 heterocycles. The Hall–Kier alpha value is -3.43. The second-order valence-corrected chi connectivity index (χ2v) is 12.4. The number of anilines is 1. The fourth-order valence-electron chi connectivity index (χ4n) is 5.30. The van der Waals surface area contributed by atoms with E-state index in [2.05, 4.69) is 51.5 Å². The van der Waals surface area contributed by atoms with Gasteiger partial charge in [-0.2, -0.15) is 0 Å². The monoisotopic (exact) mass is 589 g/mol. The summed E-state index contributed by atoms with van der Waals surface area (Å²) in [6.07, 6.45) is 17.6. The van der Waals surface area contributed by atoms with Crippen LogP contribution in [0.4, 0.5) is 5.69 Å². The number of nitrogens with one attached hydrogen (secondary N) is 2. The van der Waals surface area contributed by atoms with E-state index in [4.69, 9.17) is 10.7 Å². The maximum Gasteiger partial charge on any atom is 0.252 e. The summed E-state index contributed by atoms with van der Waals surface area (Å²) < 4.78 is 0. The molecule has 4 rings (SSSR count). The van der Waals surface area contributed by atoms with Crippen molar-refractivity contribution in [2.75, 3.05) is 45.6 Å². The van der Waals surface area contributed by atoms with E-state index < -0.39 is 0 Å². The van der Waals surface area contributed by atoms with Crippen LogP contribution in [0.25, 0.3) is 11.1 Å². The van der Waals surface area contributed by atoms with Gasteiger partial charge in [0, 0.05) is 68.8 Å². The highest BCUT2D eigenvalue weighted by molar-refractivity contribution is 7.14. The smallest absolute Gasteiger partial charge is 0.252 e. The number of nitrogens with two attached hydrogens (primary N) is 1. The fraction of sp³-hybridized carbons (Fsp3) is 0.485. The van der Waals surface area contributed by atoms with E-state index in [-0.39, 0.29) is 5.91 Å². The molecule has 2 aromatic rings. The Labute approximate surface area is 255 Å². The Balaban J connectivity index is 1.55. The zero-order valence-corrected chi connectivity index (χ0v) is 26.7. The Morgan fingerprint density at radius 2 is 1.88 bits per heavy atom. The highest BCUT2D eigenvalue weighted by Crippen LogP contribution is 2.39. The Morgan fingerprint density at radius 1 is 1.12 bits per heavy atom. The number of amides is 1. The molecule has 4 N–H and O–H groups in total. The van der Waals surface area contributed by atoms with Crippen molar-refractivity contribution in [3.05, 3.63) is 74.9 Å². The third-order valence-electron chi connectivity index (χ3n) is 7.84. The summed E-state index contributed by atoms with van der Waals surface area (Å²) in [7, 11) is 4.07. The van der Waals surface area contributed by atoms with Crippen molar-refractivity contribution < 1.29 is 4.79 Å². The third-order valence-corrected chi connectivity index (χ3v) is 8.91. The lowest BCUT2D eigenvalue weighted by Gasteiger charge is -2.26. The van der Waals surface area contributed by atoms with Gasteiger partial charge >= 0.3 is 0 Å². The number of hydrogen-bond donors (Lipinski definition) is 3. The number of carbonyl (C=O) groups is 1. The number of nitrogens with zero attached hydrogens (tertiary/aromatic N) is 4. The molecule has 226 valence electrons. The van der Waals surface area contributed by atoms with Crippen LogP contribution in [0, 0.1) is 6.92 Å². The first-order valence-corrected chi connectivity index (χ1v) is 16.0. The van der Waals surface area contributed by atoms with E-state index in [1.807, 2.05) is 33.3 Å². The molecule has 0 bridgehead atoms. The molecule has 0 unspecified atom stereocenters. The summed E-state index contributed by atoms with van der Waals surface area (Å²) in [5.41, 5.74) is 14.0. The number of carbonyl (C=O) groups excluding carboxylic acids is 1. The summed E-state index contributed by atoms with van der Waals surface area (Å²) in [4.78, 5) is 28.0. The molecule has 1 saturated heterocycles. The molecule has 1 amide bonds. The summed E-state index contributed by atoms with van der Waals surface area (Å²) in [5, 5.41) is 7.57. The standard InChI is InChI=1S/C33H47N7OS/c1-6-11-23(2)28(22-39(4)5)30-21-37-33(42-30)27(19-34)31(25-12-10-13-25)38-29-18-26(20-36-24(29)3)32(41)35-14-17-40-15-8-7-9-16-40/h11,18-22,38H,6-10,12-17,34H2,1-5H3,(H,35,41)/b23-11+,27-19-,28-22+. The quantitative estimate of drug-likeness (QED) is 0.255. The molecule has 2 aromatic heterocycles. The van der Waals surface area contributed by atoms with Crippen LogP contribution < -0.4 is 16.4 Å². The van der Waals surface area contributed by atoms with E-state index in [1.54, 1.807) is 23.7 Å². The van der Waals surface area contributed by atoms with E-state index in [0.717, 1.165) is 83.4 Å². The average molecular weight is 590 g/mol. The minimum absolute atomic E-state index is 0.102. The molecule has 1 aliphatic heterocycles. The number of hydrogen-bond acceptors (Lipinski definition) is 8. The average Bonchev–Trinajstić information content (AvgIpc) is 3.42. The second-order valence-electron chi connectivity index (χ2n) is 11.4. The molecule has 1 saturated carbocycles. The molecule has 0 aromatic carbocycles. The molecule has 2 fully saturated rings. The van der Waals surface area contributed by atoms with Crippen LogP contribution in [-0.2, 0) is 0 Å². The van der Waals surface area contributed by atoms with Gasteiger partial charge in [0.2, 0.25) is 0 Å². The minimum Gasteiger partial charge on any atom is -0.404 e. The zero-order chi connectivity index (χ0) is 30.1. The third kappa shape index (κ3) is 8.10. The SMILES string of the molecule is CC/C=C(C)/C(=C\N(C)C)c1cnc(/C(=C\N)C(Nc2cc(C(=O)NCCN3CCCCC3)cnc2C)=C2CCC2)s1. The summed E-state index contributed by atoms with van der Waals surface area (Å²) >= 11 is 1.64. The summed E-state index contributed by atoms with van der Waals surface area (Å²) in [5.74, 6) is -0.102. The van der Waals surface area contributed by atoms with Crippen molar-refractivity contribution in [2.45, 2.75) is 65.7 Å². The van der Waals surface area contributed by atoms with Crippen LogP contribution in [0.1, 0.15) is 84.7 Å². The molecular formula is C33H47N7OS. The van der Waals surface area contributed by atoms with Gasteiger partial charge in [0.15, 0.2) is 0 Å². The Bertz CT molecular complexity index is 1360. The number of likely N-dealkylation sites (tertiary alicyclic amines) is 1. The summed E-state index contributed by atoms with van der Waals surface area (Å²) in [6.45, 7) is 10.0. The highest BCUT2D eigenvalue weighted by atomic mass is 32.1. The Kier molecular flexibility index (Phi) is 11.4. The first-order chi connectivity index (χ1) is 20.3. The number of aromatic nitrogens is 2. The minimum atomic E-state index is -0.102. The van der Waals surface area contributed by atoms with Crippen LogP contribution >= 0.6 is 11.3 Å². The van der Waals surface area contributed by atoms with Crippen LogP contribution in [0.15, 0.2) is 53.8 Å². The molecule has 0 spiro atoms. The molecule has 0 atom stereocenters. The number of piperidine rings is 1. The summed E-state index contributed by atoms with van der Waals surface area (Å²) in [6, 6.07) is 1.90. The second kappa shape index (κ2) is 15.2. The van der Waals surface area contributed by atoms with Crippen LogP contribution in [0.3, 0.4) is 0 Å². The number of thiazole rings is 1. The first kappa shape index (κ1) is 31.5. The van der Waals surface area contributed by atoms with Crippen molar-refractivity contribution in [3.63, 3.8) is 0 Å². The van der Waals surface area contributed by atoms with Gasteiger partial charge < -0.3 is 26.2 Å². The molecule has 0 radical (unpaired) electrons. The molecule has 2 aliphatic rings. The maximum atomic E-state index is 13.0. The first-order valence-electron chi connectivity index (χ1n) is 15.2. The van der Waals surface area contributed by atoms with E-state index in [0.29, 0.717) is 12.1 Å². The predicted molar refractivity (Wildman–Crippen MR) is 176 cm³/mol. The Morgan fingerprint density at radius 3 is 2.52 bits per heavy atom. The van der Waals surface area contributed by atoms with Gasteiger partial charge in [0.05, 0.1) is 21.8 Å². The lowest BCUT2D eigenvalue weighted by molar-refractivity contribution is 0.0946. The molecular weight excluding hydrogens is 542 g/mol. The van der Waals surface area contributed by atoms with Gasteiger partial charge in [-0.3, -0.25) is 9.78 Å². The lowest BCUT2D eigenvalue weighted by Crippen LogP contribution is -2.37. The molecule has 9 heteroatoms. The van der Waals surface area contributed by atoms with E-state index in [9.17, 15) is 4.79 Å². The van der Waals surface area contributed by atoms with Gasteiger partial charge in [-0.25, -0.2) is 4.98 Å². The fourth-order valence-corrected chi connectivity index (χ4v) is 6.32. The highest BCUT2D eigenvalue weighted by Gasteiger charge is 2.23. The van der Waals surface area contributed by atoms with Crippen LogP contribution in [0.2, 0.25) is 0 Å². The number of rotatable bonds is 12. The number of aryl methyl sites for hydroxylation is 1.